The number of carbonyl (C=O) groups is 1. The molecular formula is C16H23Cl2N5O4. The van der Waals surface area contributed by atoms with Crippen LogP contribution in [0, 0.1) is 5.92 Å². The molecule has 1 aliphatic rings. The Labute approximate surface area is 167 Å². The Hall–Kier alpha value is -1.94. The largest absolute Gasteiger partial charge is 0.381 e. The third-order valence-corrected chi connectivity index (χ3v) is 4.64. The average Bonchev–Trinajstić information content (AvgIpc) is 2.64. The van der Waals surface area contributed by atoms with E-state index in [1.165, 1.54) is 30.9 Å². The number of rotatable bonds is 3. The van der Waals surface area contributed by atoms with Gasteiger partial charge < -0.3 is 15.8 Å². The van der Waals surface area contributed by atoms with Gasteiger partial charge in [-0.1, -0.05) is 0 Å². The molecule has 0 spiro atoms. The fourth-order valence-corrected chi connectivity index (χ4v) is 3.05. The van der Waals surface area contributed by atoms with Gasteiger partial charge in [0.1, 0.15) is 5.65 Å². The summed E-state index contributed by atoms with van der Waals surface area (Å²) < 4.78 is 7.57. The van der Waals surface area contributed by atoms with Crippen molar-refractivity contribution in [1.82, 2.24) is 14.1 Å². The van der Waals surface area contributed by atoms with E-state index in [9.17, 15) is 14.4 Å². The zero-order valence-corrected chi connectivity index (χ0v) is 16.6. The normalized spacial score (nSPS) is 15.5. The zero-order chi connectivity index (χ0) is 18.1. The smallest absolute Gasteiger partial charge is 0.332 e. The molecule has 3 rings (SSSR count). The Kier molecular flexibility index (Phi) is 7.97. The molecule has 11 heteroatoms. The Morgan fingerprint density at radius 1 is 1.26 bits per heavy atom. The summed E-state index contributed by atoms with van der Waals surface area (Å²) in [6.45, 7) is 1.21. The van der Waals surface area contributed by atoms with Gasteiger partial charge in [0, 0.05) is 27.3 Å². The second-order valence-corrected chi connectivity index (χ2v) is 6.27. The minimum Gasteiger partial charge on any atom is -0.381 e. The van der Waals surface area contributed by atoms with Crippen LogP contribution in [0.15, 0.2) is 21.9 Å². The molecule has 3 heterocycles. The van der Waals surface area contributed by atoms with Gasteiger partial charge in [0.05, 0.1) is 23.3 Å². The molecule has 0 saturated carbocycles. The fraction of sp³-hybridized carbons (Fsp3) is 0.500. The second-order valence-electron chi connectivity index (χ2n) is 6.27. The summed E-state index contributed by atoms with van der Waals surface area (Å²) in [5, 5.41) is 2.96. The van der Waals surface area contributed by atoms with Crippen molar-refractivity contribution in [2.24, 2.45) is 25.7 Å². The number of fused-ring (bicyclic) bond motifs is 1. The highest BCUT2D eigenvalue weighted by Crippen LogP contribution is 2.19. The number of nitrogens with zero attached hydrogens (tertiary/aromatic N) is 3. The monoisotopic (exact) mass is 419 g/mol. The van der Waals surface area contributed by atoms with E-state index in [4.69, 9.17) is 10.5 Å². The Balaban J connectivity index is 0.00000182. The summed E-state index contributed by atoms with van der Waals surface area (Å²) >= 11 is 0. The number of nitrogens with one attached hydrogen (secondary N) is 1. The number of aryl methyl sites for hydroxylation is 1. The summed E-state index contributed by atoms with van der Waals surface area (Å²) in [6, 6.07) is 0.862. The minimum atomic E-state index is -0.650. The van der Waals surface area contributed by atoms with Crippen LogP contribution in [0.25, 0.3) is 11.0 Å². The number of amides is 1. The molecule has 1 amide bonds. The van der Waals surface area contributed by atoms with E-state index in [0.717, 1.165) is 17.4 Å². The lowest BCUT2D eigenvalue weighted by Gasteiger charge is -2.26. The van der Waals surface area contributed by atoms with Crippen molar-refractivity contribution < 1.29 is 9.53 Å². The van der Waals surface area contributed by atoms with Gasteiger partial charge in [0.15, 0.2) is 0 Å². The number of ether oxygens (including phenoxy) is 1. The predicted octanol–water partition coefficient (Wildman–Crippen LogP) is 0.168. The van der Waals surface area contributed by atoms with Crippen LogP contribution in [0.5, 0.6) is 0 Å². The molecule has 1 unspecified atom stereocenters. The molecule has 2 aromatic heterocycles. The maximum atomic E-state index is 12.4. The average molecular weight is 420 g/mol. The van der Waals surface area contributed by atoms with E-state index in [1.807, 2.05) is 0 Å². The Morgan fingerprint density at radius 2 is 1.89 bits per heavy atom. The summed E-state index contributed by atoms with van der Waals surface area (Å²) in [4.78, 5) is 40.7. The Morgan fingerprint density at radius 3 is 2.52 bits per heavy atom. The van der Waals surface area contributed by atoms with E-state index < -0.39 is 17.3 Å². The Bertz CT molecular complexity index is 937. The molecule has 0 radical (unpaired) electrons. The van der Waals surface area contributed by atoms with E-state index in [1.54, 1.807) is 0 Å². The molecule has 0 aliphatic carbocycles. The van der Waals surface area contributed by atoms with E-state index in [-0.39, 0.29) is 47.7 Å². The fourth-order valence-electron chi connectivity index (χ4n) is 3.05. The first kappa shape index (κ1) is 23.1. The molecule has 1 fully saturated rings. The zero-order valence-electron chi connectivity index (χ0n) is 15.0. The number of aromatic nitrogens is 3. The van der Waals surface area contributed by atoms with Crippen molar-refractivity contribution in [3.8, 4) is 0 Å². The number of anilines is 1. The summed E-state index contributed by atoms with van der Waals surface area (Å²) in [5.74, 6) is -0.259. The third-order valence-electron chi connectivity index (χ3n) is 4.64. The molecule has 150 valence electrons. The van der Waals surface area contributed by atoms with Crippen LogP contribution in [-0.2, 0) is 23.6 Å². The lowest BCUT2D eigenvalue weighted by Crippen LogP contribution is -2.44. The third kappa shape index (κ3) is 4.49. The van der Waals surface area contributed by atoms with Crippen LogP contribution in [0.2, 0.25) is 0 Å². The van der Waals surface area contributed by atoms with Gasteiger partial charge in [-0.3, -0.25) is 18.7 Å². The van der Waals surface area contributed by atoms with Crippen LogP contribution in [0.1, 0.15) is 12.8 Å². The van der Waals surface area contributed by atoms with Crippen molar-refractivity contribution >= 4 is 47.4 Å². The van der Waals surface area contributed by atoms with Crippen molar-refractivity contribution in [3.63, 3.8) is 0 Å². The minimum absolute atomic E-state index is 0. The van der Waals surface area contributed by atoms with Crippen molar-refractivity contribution in [3.05, 3.63) is 33.1 Å². The lowest BCUT2D eigenvalue weighted by atomic mass is 9.92. The van der Waals surface area contributed by atoms with Crippen LogP contribution < -0.4 is 22.3 Å². The summed E-state index contributed by atoms with van der Waals surface area (Å²) in [7, 11) is 2.94. The molecule has 9 nitrogen and oxygen atoms in total. The predicted molar refractivity (Wildman–Crippen MR) is 107 cm³/mol. The molecule has 3 N–H and O–H groups in total. The topological polar surface area (TPSA) is 121 Å². The van der Waals surface area contributed by atoms with Gasteiger partial charge >= 0.3 is 5.69 Å². The molecule has 0 aromatic carbocycles. The molecular weight excluding hydrogens is 397 g/mol. The van der Waals surface area contributed by atoms with Gasteiger partial charge in [-0.15, -0.1) is 24.8 Å². The standard InChI is InChI=1S/C16H21N5O4.2ClH/c1-20-13-11(15(23)21(2)16(20)24)7-10(8-18-13)19-14(22)12(17)9-3-5-25-6-4-9;;/h7-9,12H,3-6,17H2,1-2H3,(H,19,22);2*1H. The highest BCUT2D eigenvalue weighted by Gasteiger charge is 2.26. The van der Waals surface area contributed by atoms with Crippen molar-refractivity contribution in [2.45, 2.75) is 18.9 Å². The van der Waals surface area contributed by atoms with Gasteiger partial charge in [-0.05, 0) is 24.8 Å². The van der Waals surface area contributed by atoms with E-state index in [0.29, 0.717) is 18.9 Å². The SMILES string of the molecule is Cl.Cl.Cn1c(=O)c2cc(NC(=O)C(N)C3CCOCC3)cnc2n(C)c1=O. The number of carbonyl (C=O) groups excluding carboxylic acids is 1. The molecule has 27 heavy (non-hydrogen) atoms. The first-order valence-electron chi connectivity index (χ1n) is 8.10. The molecule has 0 bridgehead atoms. The number of nitrogens with two attached hydrogens (primary N) is 1. The van der Waals surface area contributed by atoms with Gasteiger partial charge in [0.25, 0.3) is 5.56 Å². The van der Waals surface area contributed by atoms with E-state index >= 15 is 0 Å². The lowest BCUT2D eigenvalue weighted by molar-refractivity contribution is -0.119. The quantitative estimate of drug-likeness (QED) is 0.730. The second kappa shape index (κ2) is 9.32. The van der Waals surface area contributed by atoms with Crippen LogP contribution >= 0.6 is 24.8 Å². The number of pyridine rings is 1. The summed E-state index contributed by atoms with van der Waals surface area (Å²) in [6.07, 6.45) is 2.90. The number of halogens is 2. The van der Waals surface area contributed by atoms with Gasteiger partial charge in [-0.2, -0.15) is 0 Å². The number of hydrogen-bond donors (Lipinski definition) is 2. The summed E-state index contributed by atoms with van der Waals surface area (Å²) in [5.41, 5.74) is 5.77. The first-order chi connectivity index (χ1) is 11.9. The highest BCUT2D eigenvalue weighted by atomic mass is 35.5. The number of hydrogen-bond acceptors (Lipinski definition) is 6. The van der Waals surface area contributed by atoms with Gasteiger partial charge in [0.2, 0.25) is 5.91 Å². The molecule has 1 saturated heterocycles. The van der Waals surface area contributed by atoms with Gasteiger partial charge in [-0.25, -0.2) is 9.78 Å². The molecule has 2 aromatic rings. The van der Waals surface area contributed by atoms with E-state index in [2.05, 4.69) is 10.3 Å². The van der Waals surface area contributed by atoms with Crippen LogP contribution in [0.4, 0.5) is 5.69 Å². The first-order valence-corrected chi connectivity index (χ1v) is 8.10. The van der Waals surface area contributed by atoms with Crippen LogP contribution in [0.3, 0.4) is 0 Å². The van der Waals surface area contributed by atoms with Crippen LogP contribution in [-0.4, -0.2) is 39.3 Å². The molecule has 1 aliphatic heterocycles. The highest BCUT2D eigenvalue weighted by molar-refractivity contribution is 5.96. The molecule has 1 atom stereocenters. The maximum Gasteiger partial charge on any atom is 0.332 e. The van der Waals surface area contributed by atoms with Crippen molar-refractivity contribution in [1.29, 1.82) is 0 Å². The van der Waals surface area contributed by atoms with Crippen molar-refractivity contribution in [2.75, 3.05) is 18.5 Å². The maximum absolute atomic E-state index is 12.4.